The molecule has 0 aliphatic rings. The lowest BCUT2D eigenvalue weighted by Crippen LogP contribution is -2.42. The van der Waals surface area contributed by atoms with Gasteiger partial charge in [-0.15, -0.1) is 0 Å². The van der Waals surface area contributed by atoms with E-state index in [0.29, 0.717) is 27.6 Å². The smallest absolute Gasteiger partial charge is 0.350 e. The topological polar surface area (TPSA) is 85.5 Å². The van der Waals surface area contributed by atoms with Gasteiger partial charge in [0.25, 0.3) is 0 Å². The molecule has 7 heteroatoms. The van der Waals surface area contributed by atoms with Gasteiger partial charge in [-0.05, 0) is 71.4 Å². The zero-order chi connectivity index (χ0) is 21.2. The van der Waals surface area contributed by atoms with Gasteiger partial charge in [-0.25, -0.2) is 4.79 Å². The summed E-state index contributed by atoms with van der Waals surface area (Å²) >= 11 is 5.84. The van der Waals surface area contributed by atoms with Gasteiger partial charge in [-0.2, -0.15) is 0 Å². The standard InChI is InChI=1S/C21H24ClNO5/c1-11-17(13(3)24)12(2)23-18(11)19(25)14(4)27-20(26)21(5,6)28-16-9-7-15(22)8-10-16/h7-10,14,23H,1-6H3. The fraction of sp³-hybridized carbons (Fsp3) is 0.381. The molecule has 2 rings (SSSR count). The van der Waals surface area contributed by atoms with Crippen molar-refractivity contribution in [1.29, 1.82) is 0 Å². The molecule has 1 atom stereocenters. The molecule has 1 heterocycles. The summed E-state index contributed by atoms with van der Waals surface area (Å²) in [5.41, 5.74) is 0.591. The lowest BCUT2D eigenvalue weighted by molar-refractivity contribution is -0.162. The molecule has 2 aromatic rings. The number of esters is 1. The first-order valence-electron chi connectivity index (χ1n) is 8.84. The highest BCUT2D eigenvalue weighted by atomic mass is 35.5. The number of carbonyl (C=O) groups is 3. The van der Waals surface area contributed by atoms with Gasteiger partial charge in [0, 0.05) is 16.3 Å². The van der Waals surface area contributed by atoms with Gasteiger partial charge >= 0.3 is 5.97 Å². The number of nitrogens with one attached hydrogen (secondary N) is 1. The predicted octanol–water partition coefficient (Wildman–Crippen LogP) is 4.46. The van der Waals surface area contributed by atoms with E-state index < -0.39 is 23.5 Å². The van der Waals surface area contributed by atoms with E-state index in [0.717, 1.165) is 0 Å². The Morgan fingerprint density at radius 3 is 2.18 bits per heavy atom. The van der Waals surface area contributed by atoms with Crippen LogP contribution in [-0.4, -0.2) is 34.2 Å². The van der Waals surface area contributed by atoms with E-state index in [1.165, 1.54) is 13.8 Å². The zero-order valence-corrected chi connectivity index (χ0v) is 17.6. The molecule has 1 aromatic carbocycles. The molecular weight excluding hydrogens is 382 g/mol. The highest BCUT2D eigenvalue weighted by Crippen LogP contribution is 2.24. The van der Waals surface area contributed by atoms with Crippen LogP contribution in [0.25, 0.3) is 0 Å². The van der Waals surface area contributed by atoms with Gasteiger partial charge in [0.1, 0.15) is 5.75 Å². The largest absolute Gasteiger partial charge is 0.476 e. The summed E-state index contributed by atoms with van der Waals surface area (Å²) in [4.78, 5) is 40.0. The van der Waals surface area contributed by atoms with Crippen LogP contribution < -0.4 is 4.74 Å². The number of hydrogen-bond donors (Lipinski definition) is 1. The summed E-state index contributed by atoms with van der Waals surface area (Å²) in [6, 6.07) is 6.57. The minimum absolute atomic E-state index is 0.132. The van der Waals surface area contributed by atoms with Crippen molar-refractivity contribution in [3.8, 4) is 5.75 Å². The van der Waals surface area contributed by atoms with Gasteiger partial charge in [-0.1, -0.05) is 11.6 Å². The number of benzene rings is 1. The third kappa shape index (κ3) is 4.62. The number of aromatic amines is 1. The molecule has 0 radical (unpaired) electrons. The molecule has 1 N–H and O–H groups in total. The SMILES string of the molecule is CC(=O)c1c(C)[nH]c(C(=O)C(C)OC(=O)C(C)(C)Oc2ccc(Cl)cc2)c1C. The van der Waals surface area contributed by atoms with Crippen molar-refractivity contribution in [3.63, 3.8) is 0 Å². The van der Waals surface area contributed by atoms with Crippen molar-refractivity contribution in [2.45, 2.75) is 53.2 Å². The van der Waals surface area contributed by atoms with Crippen LogP contribution in [0.5, 0.6) is 5.75 Å². The summed E-state index contributed by atoms with van der Waals surface area (Å²) in [6.45, 7) is 9.45. The second-order valence-electron chi connectivity index (χ2n) is 7.16. The molecule has 0 spiro atoms. The minimum atomic E-state index is -1.31. The van der Waals surface area contributed by atoms with Crippen LogP contribution in [0, 0.1) is 13.8 Å². The van der Waals surface area contributed by atoms with Gasteiger partial charge in [-0.3, -0.25) is 9.59 Å². The third-order valence-corrected chi connectivity index (χ3v) is 4.62. The fourth-order valence-electron chi connectivity index (χ4n) is 2.92. The fourth-order valence-corrected chi connectivity index (χ4v) is 3.05. The Balaban J connectivity index is 2.12. The molecule has 0 fully saturated rings. The minimum Gasteiger partial charge on any atom is -0.476 e. The number of ketones is 2. The maximum absolute atomic E-state index is 12.7. The number of aryl methyl sites for hydroxylation is 1. The average Bonchev–Trinajstić information content (AvgIpc) is 2.90. The van der Waals surface area contributed by atoms with Gasteiger partial charge in [0.05, 0.1) is 5.69 Å². The third-order valence-electron chi connectivity index (χ3n) is 4.37. The van der Waals surface area contributed by atoms with E-state index in [9.17, 15) is 14.4 Å². The zero-order valence-electron chi connectivity index (χ0n) is 16.8. The molecule has 0 amide bonds. The van der Waals surface area contributed by atoms with Gasteiger partial charge in [0.2, 0.25) is 5.78 Å². The van der Waals surface area contributed by atoms with Crippen LogP contribution in [0.2, 0.25) is 5.02 Å². The second-order valence-corrected chi connectivity index (χ2v) is 7.60. The lowest BCUT2D eigenvalue weighted by atomic mass is 10.0. The van der Waals surface area contributed by atoms with E-state index in [4.69, 9.17) is 21.1 Å². The Hall–Kier alpha value is -2.60. The second kappa shape index (κ2) is 8.19. The van der Waals surface area contributed by atoms with Crippen molar-refractivity contribution in [2.75, 3.05) is 0 Å². The molecule has 1 unspecified atom stereocenters. The molecule has 0 aliphatic carbocycles. The Morgan fingerprint density at radius 2 is 1.68 bits per heavy atom. The van der Waals surface area contributed by atoms with Crippen molar-refractivity contribution in [3.05, 3.63) is 51.8 Å². The first kappa shape index (κ1) is 21.7. The Kier molecular flexibility index (Phi) is 6.34. The Bertz CT molecular complexity index is 912. The molecule has 150 valence electrons. The maximum Gasteiger partial charge on any atom is 0.350 e. The monoisotopic (exact) mass is 405 g/mol. The number of rotatable bonds is 7. The Labute approximate surface area is 169 Å². The molecule has 0 saturated carbocycles. The maximum atomic E-state index is 12.7. The summed E-state index contributed by atoms with van der Waals surface area (Å²) in [7, 11) is 0. The summed E-state index contributed by atoms with van der Waals surface area (Å²) in [6.07, 6.45) is -1.04. The first-order valence-corrected chi connectivity index (χ1v) is 9.21. The van der Waals surface area contributed by atoms with Crippen molar-refractivity contribution < 1.29 is 23.9 Å². The Morgan fingerprint density at radius 1 is 1.11 bits per heavy atom. The normalized spacial score (nSPS) is 12.4. The van der Waals surface area contributed by atoms with Crippen LogP contribution in [0.4, 0.5) is 0 Å². The van der Waals surface area contributed by atoms with E-state index in [1.807, 2.05) is 0 Å². The molecule has 0 saturated heterocycles. The van der Waals surface area contributed by atoms with Crippen LogP contribution in [0.3, 0.4) is 0 Å². The average molecular weight is 406 g/mol. The summed E-state index contributed by atoms with van der Waals surface area (Å²) in [5.74, 6) is -0.778. The number of hydrogen-bond acceptors (Lipinski definition) is 5. The number of Topliss-reactive ketones (excluding diaryl/α,β-unsaturated/α-hetero) is 2. The van der Waals surface area contributed by atoms with E-state index >= 15 is 0 Å². The van der Waals surface area contributed by atoms with E-state index in [-0.39, 0.29) is 11.5 Å². The highest BCUT2D eigenvalue weighted by Gasteiger charge is 2.35. The molecule has 28 heavy (non-hydrogen) atoms. The first-order chi connectivity index (χ1) is 12.9. The molecule has 1 aromatic heterocycles. The van der Waals surface area contributed by atoms with Crippen LogP contribution in [-0.2, 0) is 9.53 Å². The predicted molar refractivity (Wildman–Crippen MR) is 106 cm³/mol. The molecule has 0 bridgehead atoms. The summed E-state index contributed by atoms with van der Waals surface area (Å²) in [5, 5.41) is 0.550. The molecular formula is C21H24ClNO5. The number of H-pyrrole nitrogens is 1. The molecule has 6 nitrogen and oxygen atoms in total. The number of halogens is 1. The molecule has 0 aliphatic heterocycles. The van der Waals surface area contributed by atoms with Crippen molar-refractivity contribution in [1.82, 2.24) is 4.98 Å². The number of ether oxygens (including phenoxy) is 2. The van der Waals surface area contributed by atoms with E-state index in [2.05, 4.69) is 4.98 Å². The van der Waals surface area contributed by atoms with E-state index in [1.54, 1.807) is 52.0 Å². The lowest BCUT2D eigenvalue weighted by Gasteiger charge is -2.26. The quantitative estimate of drug-likeness (QED) is 0.543. The van der Waals surface area contributed by atoms with Crippen LogP contribution in [0.15, 0.2) is 24.3 Å². The van der Waals surface area contributed by atoms with Crippen LogP contribution >= 0.6 is 11.6 Å². The van der Waals surface area contributed by atoms with Crippen molar-refractivity contribution >= 4 is 29.1 Å². The number of aromatic nitrogens is 1. The van der Waals surface area contributed by atoms with Gasteiger partial charge < -0.3 is 14.5 Å². The van der Waals surface area contributed by atoms with Crippen LogP contribution in [0.1, 0.15) is 59.8 Å². The van der Waals surface area contributed by atoms with Crippen molar-refractivity contribution in [2.24, 2.45) is 0 Å². The summed E-state index contributed by atoms with van der Waals surface area (Å²) < 4.78 is 11.0. The number of carbonyl (C=O) groups excluding carboxylic acids is 3. The highest BCUT2D eigenvalue weighted by molar-refractivity contribution is 6.30. The van der Waals surface area contributed by atoms with Gasteiger partial charge in [0.15, 0.2) is 17.5 Å².